The fraction of sp³-hybridized carbons (Fsp3) is 0.500. The molecule has 1 fully saturated rings. The number of aliphatic carboxylic acids is 1. The molecule has 1 atom stereocenters. The Balaban J connectivity index is 1.91. The van der Waals surface area contributed by atoms with Crippen molar-refractivity contribution < 1.29 is 19.1 Å². The highest BCUT2D eigenvalue weighted by molar-refractivity contribution is 7.99. The predicted octanol–water partition coefficient (Wildman–Crippen LogP) is 1.39. The van der Waals surface area contributed by atoms with Crippen LogP contribution in [-0.4, -0.2) is 35.0 Å². The Hall–Kier alpha value is -1.43. The van der Waals surface area contributed by atoms with Crippen LogP contribution in [0.2, 0.25) is 0 Å². The van der Waals surface area contributed by atoms with Crippen molar-refractivity contribution >= 4 is 23.6 Å². The van der Waals surface area contributed by atoms with Gasteiger partial charge >= 0.3 is 5.97 Å². The summed E-state index contributed by atoms with van der Waals surface area (Å²) in [6.07, 6.45) is 2.20. The van der Waals surface area contributed by atoms with E-state index in [9.17, 15) is 9.59 Å². The van der Waals surface area contributed by atoms with E-state index in [0.717, 1.165) is 17.9 Å². The van der Waals surface area contributed by atoms with Crippen molar-refractivity contribution in [3.63, 3.8) is 0 Å². The van der Waals surface area contributed by atoms with Crippen molar-refractivity contribution in [3.8, 4) is 0 Å². The van der Waals surface area contributed by atoms with Crippen LogP contribution in [0, 0.1) is 5.92 Å². The minimum atomic E-state index is -1.01. The van der Waals surface area contributed by atoms with E-state index in [4.69, 9.17) is 9.52 Å². The number of amides is 1. The number of rotatable bonds is 5. The lowest BCUT2D eigenvalue weighted by atomic mass is 10.1. The molecule has 1 amide bonds. The minimum Gasteiger partial charge on any atom is -0.481 e. The first-order chi connectivity index (χ1) is 8.66. The van der Waals surface area contributed by atoms with Crippen LogP contribution in [-0.2, 0) is 11.2 Å². The number of hydrogen-bond donors (Lipinski definition) is 2. The summed E-state index contributed by atoms with van der Waals surface area (Å²) in [6, 6.07) is 1.51. The van der Waals surface area contributed by atoms with Gasteiger partial charge in [-0.15, -0.1) is 0 Å². The average Bonchev–Trinajstić information content (AvgIpc) is 2.95. The Morgan fingerprint density at radius 2 is 2.39 bits per heavy atom. The number of furan rings is 1. The second-order valence-electron chi connectivity index (χ2n) is 4.27. The molecule has 1 aromatic heterocycles. The maximum Gasteiger partial charge on any atom is 0.311 e. The van der Waals surface area contributed by atoms with Gasteiger partial charge in [0, 0.05) is 6.54 Å². The van der Waals surface area contributed by atoms with Gasteiger partial charge in [0.1, 0.15) is 12.2 Å². The molecule has 98 valence electrons. The smallest absolute Gasteiger partial charge is 0.311 e. The van der Waals surface area contributed by atoms with E-state index in [2.05, 4.69) is 5.32 Å². The van der Waals surface area contributed by atoms with Gasteiger partial charge in [-0.25, -0.2) is 0 Å². The molecule has 1 aliphatic rings. The molecule has 1 aromatic rings. The lowest BCUT2D eigenvalue weighted by molar-refractivity contribution is -0.136. The SMILES string of the molecule is O=C(O)Cc1occc1C(=O)NCC1CCSC1. The van der Waals surface area contributed by atoms with Crippen LogP contribution >= 0.6 is 11.8 Å². The van der Waals surface area contributed by atoms with Crippen LogP contribution < -0.4 is 5.32 Å². The number of carboxylic acid groups (broad SMARTS) is 1. The van der Waals surface area contributed by atoms with Crippen LogP contribution in [0.4, 0.5) is 0 Å². The topological polar surface area (TPSA) is 79.5 Å². The summed E-state index contributed by atoms with van der Waals surface area (Å²) in [5.74, 6) is 1.70. The van der Waals surface area contributed by atoms with E-state index in [1.54, 1.807) is 0 Å². The molecule has 2 N–H and O–H groups in total. The molecule has 6 heteroatoms. The average molecular weight is 269 g/mol. The largest absolute Gasteiger partial charge is 0.481 e. The quantitative estimate of drug-likeness (QED) is 0.844. The summed E-state index contributed by atoms with van der Waals surface area (Å²) < 4.78 is 5.02. The standard InChI is InChI=1S/C12H15NO4S/c14-11(15)5-10-9(1-3-17-10)12(16)13-6-8-2-4-18-7-8/h1,3,8H,2,4-7H2,(H,13,16)(H,14,15). The Morgan fingerprint density at radius 1 is 1.56 bits per heavy atom. The first kappa shape index (κ1) is 13.0. The van der Waals surface area contributed by atoms with Gasteiger partial charge in [0.15, 0.2) is 0 Å². The Kier molecular flexibility index (Phi) is 4.30. The summed E-state index contributed by atoms with van der Waals surface area (Å²) in [5.41, 5.74) is 0.322. The van der Waals surface area contributed by atoms with Crippen LogP contribution in [0.1, 0.15) is 22.5 Å². The molecule has 2 heterocycles. The lowest BCUT2D eigenvalue weighted by Crippen LogP contribution is -2.29. The molecule has 1 saturated heterocycles. The molecule has 0 bridgehead atoms. The molecule has 0 radical (unpaired) electrons. The van der Waals surface area contributed by atoms with Crippen molar-refractivity contribution in [1.29, 1.82) is 0 Å². The van der Waals surface area contributed by atoms with Gasteiger partial charge in [0.05, 0.1) is 11.8 Å². The number of carboxylic acids is 1. The van der Waals surface area contributed by atoms with Crippen LogP contribution in [0.25, 0.3) is 0 Å². The van der Waals surface area contributed by atoms with Crippen molar-refractivity contribution in [2.45, 2.75) is 12.8 Å². The molecule has 0 aliphatic carbocycles. The zero-order chi connectivity index (χ0) is 13.0. The summed E-state index contributed by atoms with van der Waals surface area (Å²) in [5, 5.41) is 11.5. The summed E-state index contributed by atoms with van der Waals surface area (Å²) in [7, 11) is 0. The lowest BCUT2D eigenvalue weighted by Gasteiger charge is -2.09. The van der Waals surface area contributed by atoms with E-state index < -0.39 is 5.97 Å². The van der Waals surface area contributed by atoms with Gasteiger partial charge in [0.2, 0.25) is 0 Å². The third-order valence-corrected chi connectivity index (χ3v) is 4.11. The predicted molar refractivity (Wildman–Crippen MR) is 67.8 cm³/mol. The van der Waals surface area contributed by atoms with Crippen molar-refractivity contribution in [1.82, 2.24) is 5.32 Å². The summed E-state index contributed by atoms with van der Waals surface area (Å²) in [6.45, 7) is 0.642. The van der Waals surface area contributed by atoms with Gasteiger partial charge in [0.25, 0.3) is 5.91 Å². The highest BCUT2D eigenvalue weighted by Crippen LogP contribution is 2.22. The van der Waals surface area contributed by atoms with E-state index in [0.29, 0.717) is 18.0 Å². The summed E-state index contributed by atoms with van der Waals surface area (Å²) >= 11 is 1.90. The van der Waals surface area contributed by atoms with Gasteiger partial charge in [-0.3, -0.25) is 9.59 Å². The molecule has 0 aromatic carbocycles. The zero-order valence-electron chi connectivity index (χ0n) is 9.85. The minimum absolute atomic E-state index is 0.209. The third kappa shape index (κ3) is 3.29. The Labute approximate surface area is 109 Å². The first-order valence-electron chi connectivity index (χ1n) is 5.81. The fourth-order valence-corrected chi connectivity index (χ4v) is 3.18. The van der Waals surface area contributed by atoms with E-state index in [1.807, 2.05) is 11.8 Å². The monoisotopic (exact) mass is 269 g/mol. The van der Waals surface area contributed by atoms with Crippen LogP contribution in [0.3, 0.4) is 0 Å². The van der Waals surface area contributed by atoms with Gasteiger partial charge in [-0.2, -0.15) is 11.8 Å². The normalized spacial score (nSPS) is 18.8. The van der Waals surface area contributed by atoms with E-state index in [-0.39, 0.29) is 18.1 Å². The number of thioether (sulfide) groups is 1. The molecular weight excluding hydrogens is 254 g/mol. The maximum atomic E-state index is 11.9. The third-order valence-electron chi connectivity index (χ3n) is 2.88. The number of carbonyl (C=O) groups is 2. The molecule has 18 heavy (non-hydrogen) atoms. The van der Waals surface area contributed by atoms with Gasteiger partial charge in [-0.1, -0.05) is 0 Å². The highest BCUT2D eigenvalue weighted by atomic mass is 32.2. The molecular formula is C12H15NO4S. The molecule has 1 aliphatic heterocycles. The second kappa shape index (κ2) is 5.95. The number of nitrogens with one attached hydrogen (secondary N) is 1. The number of hydrogen-bond acceptors (Lipinski definition) is 4. The van der Waals surface area contributed by atoms with Crippen molar-refractivity contribution in [2.24, 2.45) is 5.92 Å². The Morgan fingerprint density at radius 3 is 3.06 bits per heavy atom. The van der Waals surface area contributed by atoms with E-state index in [1.165, 1.54) is 12.3 Å². The second-order valence-corrected chi connectivity index (χ2v) is 5.42. The molecule has 0 saturated carbocycles. The summed E-state index contributed by atoms with van der Waals surface area (Å²) in [4.78, 5) is 22.5. The fourth-order valence-electron chi connectivity index (χ4n) is 1.89. The van der Waals surface area contributed by atoms with Crippen LogP contribution in [0.5, 0.6) is 0 Å². The zero-order valence-corrected chi connectivity index (χ0v) is 10.7. The Bertz CT molecular complexity index is 437. The maximum absolute atomic E-state index is 11.9. The van der Waals surface area contributed by atoms with Gasteiger partial charge < -0.3 is 14.8 Å². The first-order valence-corrected chi connectivity index (χ1v) is 6.96. The molecule has 1 unspecified atom stereocenters. The number of carbonyl (C=O) groups excluding carboxylic acids is 1. The van der Waals surface area contributed by atoms with Crippen molar-refractivity contribution in [3.05, 3.63) is 23.7 Å². The van der Waals surface area contributed by atoms with E-state index >= 15 is 0 Å². The van der Waals surface area contributed by atoms with Gasteiger partial charge in [-0.05, 0) is 29.9 Å². The molecule has 0 spiro atoms. The highest BCUT2D eigenvalue weighted by Gasteiger charge is 2.20. The molecule has 2 rings (SSSR count). The van der Waals surface area contributed by atoms with Crippen LogP contribution in [0.15, 0.2) is 16.7 Å². The van der Waals surface area contributed by atoms with Crippen molar-refractivity contribution in [2.75, 3.05) is 18.1 Å². The molecule has 5 nitrogen and oxygen atoms in total.